The summed E-state index contributed by atoms with van der Waals surface area (Å²) in [5.41, 5.74) is 3.22. The fourth-order valence-electron chi connectivity index (χ4n) is 4.54. The number of nitrogens with zero attached hydrogens (tertiary/aromatic N) is 4. The van der Waals surface area contributed by atoms with Crippen molar-refractivity contribution in [2.24, 2.45) is 5.92 Å². The number of ether oxygens (including phenoxy) is 1. The van der Waals surface area contributed by atoms with E-state index in [-0.39, 0.29) is 16.7 Å². The first-order valence-corrected chi connectivity index (χ1v) is 14.3. The molecule has 0 atom stereocenters. The summed E-state index contributed by atoms with van der Waals surface area (Å²) in [6, 6.07) is 10.6. The van der Waals surface area contributed by atoms with Gasteiger partial charge >= 0.3 is 0 Å². The number of carbonyl (C=O) groups excluding carboxylic acids is 1. The maximum Gasteiger partial charge on any atom is 0.243 e. The van der Waals surface area contributed by atoms with Crippen LogP contribution in [0.25, 0.3) is 10.2 Å². The molecule has 4 rings (SSSR count). The highest BCUT2D eigenvalue weighted by Crippen LogP contribution is 2.34. The predicted octanol–water partition coefficient (Wildman–Crippen LogP) is 3.92. The number of hydrogen-bond donors (Lipinski definition) is 0. The molecule has 0 aliphatic carbocycles. The monoisotopic (exact) mass is 530 g/mol. The number of benzene rings is 2. The minimum Gasteiger partial charge on any atom is -0.497 e. The lowest BCUT2D eigenvalue weighted by atomic mass is 9.96. The predicted molar refractivity (Wildman–Crippen MR) is 144 cm³/mol. The van der Waals surface area contributed by atoms with E-state index in [1.807, 2.05) is 25.9 Å². The Labute approximate surface area is 217 Å². The molecule has 3 aromatic rings. The van der Waals surface area contributed by atoms with E-state index in [0.29, 0.717) is 49.9 Å². The van der Waals surface area contributed by atoms with Crippen LogP contribution < -0.4 is 9.64 Å². The van der Waals surface area contributed by atoms with Gasteiger partial charge in [-0.05, 0) is 82.2 Å². The molecule has 0 N–H and O–H groups in total. The first kappa shape index (κ1) is 26.5. The highest BCUT2D eigenvalue weighted by atomic mass is 32.2. The molecule has 194 valence electrons. The van der Waals surface area contributed by atoms with Crippen molar-refractivity contribution in [1.29, 1.82) is 0 Å². The van der Waals surface area contributed by atoms with Crippen molar-refractivity contribution in [1.82, 2.24) is 14.2 Å². The van der Waals surface area contributed by atoms with Crippen molar-refractivity contribution >= 4 is 42.6 Å². The summed E-state index contributed by atoms with van der Waals surface area (Å²) < 4.78 is 34.0. The lowest BCUT2D eigenvalue weighted by Crippen LogP contribution is -2.46. The second-order valence-electron chi connectivity index (χ2n) is 9.57. The fraction of sp³-hybridized carbons (Fsp3) is 0.462. The fourth-order valence-corrected chi connectivity index (χ4v) is 7.06. The van der Waals surface area contributed by atoms with E-state index in [1.54, 1.807) is 47.6 Å². The number of rotatable bonds is 8. The summed E-state index contributed by atoms with van der Waals surface area (Å²) in [4.78, 5) is 22.6. The van der Waals surface area contributed by atoms with Crippen molar-refractivity contribution in [3.8, 4) is 5.75 Å². The molecule has 0 spiro atoms. The van der Waals surface area contributed by atoms with Gasteiger partial charge in [0.2, 0.25) is 15.9 Å². The number of carbonyl (C=O) groups is 1. The van der Waals surface area contributed by atoms with E-state index in [4.69, 9.17) is 9.72 Å². The average molecular weight is 531 g/mol. The zero-order valence-corrected chi connectivity index (χ0v) is 23.2. The standard InChI is InChI=1S/C26H34N4O4S2/c1-18-16-19(2)24-23(17-18)27-26(35-24)30(15-14-28(3)4)25(31)20-10-12-29(13-11-20)36(32,33)22-8-6-21(34-5)7-9-22/h6-9,16-17,20H,10-15H2,1-5H3. The lowest BCUT2D eigenvalue weighted by molar-refractivity contribution is -0.123. The smallest absolute Gasteiger partial charge is 0.243 e. The Kier molecular flexibility index (Phi) is 7.99. The molecule has 2 heterocycles. The zero-order chi connectivity index (χ0) is 26.0. The van der Waals surface area contributed by atoms with Gasteiger partial charge in [-0.25, -0.2) is 13.4 Å². The highest BCUT2D eigenvalue weighted by molar-refractivity contribution is 7.89. The zero-order valence-electron chi connectivity index (χ0n) is 21.5. The Hall–Kier alpha value is -2.53. The third kappa shape index (κ3) is 5.56. The SMILES string of the molecule is COc1ccc(S(=O)(=O)N2CCC(C(=O)N(CCN(C)C)c3nc4cc(C)cc(C)c4s3)CC2)cc1. The van der Waals surface area contributed by atoms with Crippen LogP contribution >= 0.6 is 11.3 Å². The molecular weight excluding hydrogens is 496 g/mol. The first-order valence-electron chi connectivity index (χ1n) is 12.1. The van der Waals surface area contributed by atoms with Gasteiger partial charge in [0.15, 0.2) is 5.13 Å². The summed E-state index contributed by atoms with van der Waals surface area (Å²) in [6.07, 6.45) is 0.964. The van der Waals surface area contributed by atoms with Gasteiger partial charge in [0.05, 0.1) is 22.2 Å². The molecule has 0 radical (unpaired) electrons. The summed E-state index contributed by atoms with van der Waals surface area (Å²) in [5, 5.41) is 0.707. The van der Waals surface area contributed by atoms with Gasteiger partial charge in [0.25, 0.3) is 0 Å². The van der Waals surface area contributed by atoms with E-state index < -0.39 is 10.0 Å². The molecule has 36 heavy (non-hydrogen) atoms. The maximum absolute atomic E-state index is 13.7. The second kappa shape index (κ2) is 10.8. The summed E-state index contributed by atoms with van der Waals surface area (Å²) in [7, 11) is 1.89. The number of aryl methyl sites for hydroxylation is 2. The third-order valence-electron chi connectivity index (χ3n) is 6.58. The highest BCUT2D eigenvalue weighted by Gasteiger charge is 2.35. The number of methoxy groups -OCH3 is 1. The quantitative estimate of drug-likeness (QED) is 0.439. The van der Waals surface area contributed by atoms with Gasteiger partial charge in [0.1, 0.15) is 5.75 Å². The van der Waals surface area contributed by atoms with E-state index in [0.717, 1.165) is 21.3 Å². The Balaban J connectivity index is 1.51. The van der Waals surface area contributed by atoms with Crippen molar-refractivity contribution in [2.75, 3.05) is 52.3 Å². The molecule has 0 unspecified atom stereocenters. The number of anilines is 1. The summed E-state index contributed by atoms with van der Waals surface area (Å²) in [6.45, 7) is 5.99. The summed E-state index contributed by atoms with van der Waals surface area (Å²) >= 11 is 1.55. The number of fused-ring (bicyclic) bond motifs is 1. The van der Waals surface area contributed by atoms with Crippen LogP contribution in [0.1, 0.15) is 24.0 Å². The van der Waals surface area contributed by atoms with Crippen molar-refractivity contribution in [3.63, 3.8) is 0 Å². The normalized spacial score (nSPS) is 15.5. The van der Waals surface area contributed by atoms with Crippen molar-refractivity contribution in [3.05, 3.63) is 47.5 Å². The van der Waals surface area contributed by atoms with Crippen LogP contribution in [-0.2, 0) is 14.8 Å². The van der Waals surface area contributed by atoms with Gasteiger partial charge in [-0.1, -0.05) is 17.4 Å². The van der Waals surface area contributed by atoms with Crippen LogP contribution in [-0.4, -0.2) is 75.9 Å². The number of aromatic nitrogens is 1. The molecule has 1 fully saturated rings. The largest absolute Gasteiger partial charge is 0.497 e. The number of likely N-dealkylation sites (N-methyl/N-ethyl adjacent to an activating group) is 1. The van der Waals surface area contributed by atoms with Crippen LogP contribution in [0.15, 0.2) is 41.3 Å². The number of amides is 1. The van der Waals surface area contributed by atoms with Gasteiger partial charge in [0, 0.05) is 32.1 Å². The maximum atomic E-state index is 13.7. The molecule has 10 heteroatoms. The molecule has 1 amide bonds. The first-order chi connectivity index (χ1) is 17.1. The molecule has 1 saturated heterocycles. The van der Waals surface area contributed by atoms with Crippen LogP contribution in [0.4, 0.5) is 5.13 Å². The van der Waals surface area contributed by atoms with Crippen molar-refractivity contribution in [2.45, 2.75) is 31.6 Å². The van der Waals surface area contributed by atoms with E-state index >= 15 is 0 Å². The number of piperidine rings is 1. The minimum absolute atomic E-state index is 0.0202. The molecule has 2 aromatic carbocycles. The molecule has 1 aliphatic heterocycles. The molecule has 0 saturated carbocycles. The van der Waals surface area contributed by atoms with E-state index in [2.05, 4.69) is 19.1 Å². The van der Waals surface area contributed by atoms with Crippen LogP contribution in [0.3, 0.4) is 0 Å². The van der Waals surface area contributed by atoms with Crippen LogP contribution in [0.5, 0.6) is 5.75 Å². The summed E-state index contributed by atoms with van der Waals surface area (Å²) in [5.74, 6) is 0.382. The number of hydrogen-bond acceptors (Lipinski definition) is 7. The molecule has 1 aromatic heterocycles. The van der Waals surface area contributed by atoms with Crippen molar-refractivity contribution < 1.29 is 17.9 Å². The lowest BCUT2D eigenvalue weighted by Gasteiger charge is -2.33. The van der Waals surface area contributed by atoms with Crippen LogP contribution in [0, 0.1) is 19.8 Å². The van der Waals surface area contributed by atoms with Crippen LogP contribution in [0.2, 0.25) is 0 Å². The second-order valence-corrected chi connectivity index (χ2v) is 12.5. The Morgan fingerprint density at radius 2 is 1.78 bits per heavy atom. The molecule has 8 nitrogen and oxygen atoms in total. The Morgan fingerprint density at radius 3 is 2.39 bits per heavy atom. The molecule has 1 aliphatic rings. The minimum atomic E-state index is -3.62. The Bertz CT molecular complexity index is 1330. The van der Waals surface area contributed by atoms with Gasteiger partial charge in [-0.2, -0.15) is 4.31 Å². The third-order valence-corrected chi connectivity index (χ3v) is 9.72. The number of sulfonamides is 1. The van der Waals surface area contributed by atoms with Gasteiger partial charge in [-0.3, -0.25) is 9.69 Å². The average Bonchev–Trinajstić information content (AvgIpc) is 3.28. The topological polar surface area (TPSA) is 83.0 Å². The van der Waals surface area contributed by atoms with Gasteiger partial charge < -0.3 is 9.64 Å². The molecule has 0 bridgehead atoms. The van der Waals surface area contributed by atoms with E-state index in [9.17, 15) is 13.2 Å². The molecular formula is C26H34N4O4S2. The van der Waals surface area contributed by atoms with Gasteiger partial charge in [-0.15, -0.1) is 0 Å². The Morgan fingerprint density at radius 1 is 1.11 bits per heavy atom. The number of thiazole rings is 1. The van der Waals surface area contributed by atoms with E-state index in [1.165, 1.54) is 4.31 Å².